The third kappa shape index (κ3) is 2.65. The van der Waals surface area contributed by atoms with E-state index >= 15 is 0 Å². The molecule has 0 aliphatic heterocycles. The zero-order valence-corrected chi connectivity index (χ0v) is 14.2. The maximum atomic E-state index is 12.0. The second-order valence-corrected chi connectivity index (χ2v) is 6.30. The summed E-state index contributed by atoms with van der Waals surface area (Å²) >= 11 is 0. The molecule has 0 unspecified atom stereocenters. The van der Waals surface area contributed by atoms with Crippen LogP contribution < -0.4 is 5.76 Å². The summed E-state index contributed by atoms with van der Waals surface area (Å²) in [5.74, 6) is 0.546. The molecule has 0 N–H and O–H groups in total. The minimum absolute atomic E-state index is 0.0258. The third-order valence-corrected chi connectivity index (χ3v) is 4.11. The van der Waals surface area contributed by atoms with Gasteiger partial charge in [-0.2, -0.15) is 4.98 Å². The number of fused-ring (bicyclic) bond motifs is 1. The Kier molecular flexibility index (Phi) is 3.53. The lowest BCUT2D eigenvalue weighted by atomic mass is 10.1. The van der Waals surface area contributed by atoms with E-state index in [0.29, 0.717) is 17.3 Å². The molecule has 0 radical (unpaired) electrons. The predicted octanol–water partition coefficient (Wildman–Crippen LogP) is 4.20. The van der Waals surface area contributed by atoms with Gasteiger partial charge in [0.05, 0.1) is 5.52 Å². The molecule has 6 nitrogen and oxygen atoms in total. The van der Waals surface area contributed by atoms with Gasteiger partial charge in [-0.25, -0.2) is 4.79 Å². The van der Waals surface area contributed by atoms with Crippen LogP contribution in [0.1, 0.15) is 25.5 Å². The minimum Gasteiger partial charge on any atom is -0.408 e. The second kappa shape index (κ2) is 5.73. The van der Waals surface area contributed by atoms with Crippen molar-refractivity contribution in [2.75, 3.05) is 0 Å². The van der Waals surface area contributed by atoms with Crippen molar-refractivity contribution < 1.29 is 8.94 Å². The van der Waals surface area contributed by atoms with Gasteiger partial charge in [-0.05, 0) is 51.1 Å². The molecular formula is C19H17N3O3. The summed E-state index contributed by atoms with van der Waals surface area (Å²) in [5, 5.41) is 4.04. The van der Waals surface area contributed by atoms with Crippen molar-refractivity contribution in [3.05, 3.63) is 58.6 Å². The lowest BCUT2D eigenvalue weighted by molar-refractivity contribution is 0.432. The minimum atomic E-state index is -0.365. The molecule has 0 aliphatic carbocycles. The average molecular weight is 335 g/mol. The molecule has 25 heavy (non-hydrogen) atoms. The first kappa shape index (κ1) is 15.4. The van der Waals surface area contributed by atoms with Gasteiger partial charge in [-0.15, -0.1) is 0 Å². The van der Waals surface area contributed by atoms with Crippen LogP contribution >= 0.6 is 0 Å². The van der Waals surface area contributed by atoms with Crippen molar-refractivity contribution in [3.8, 4) is 22.8 Å². The van der Waals surface area contributed by atoms with E-state index in [-0.39, 0.29) is 11.8 Å². The Hall–Kier alpha value is -3.15. The van der Waals surface area contributed by atoms with E-state index in [1.165, 1.54) is 5.56 Å². The highest BCUT2D eigenvalue weighted by Gasteiger charge is 2.15. The lowest BCUT2D eigenvalue weighted by Crippen LogP contribution is -2.15. The maximum Gasteiger partial charge on any atom is 0.420 e. The number of rotatable bonds is 3. The fourth-order valence-corrected chi connectivity index (χ4v) is 2.82. The van der Waals surface area contributed by atoms with Gasteiger partial charge < -0.3 is 8.94 Å². The Labute approximate surface area is 143 Å². The number of aryl methyl sites for hydroxylation is 1. The fraction of sp³-hybridized carbons (Fsp3) is 0.211. The summed E-state index contributed by atoms with van der Waals surface area (Å²) in [6.45, 7) is 5.91. The smallest absolute Gasteiger partial charge is 0.408 e. The van der Waals surface area contributed by atoms with Crippen LogP contribution in [0.3, 0.4) is 0 Å². The number of nitrogens with zero attached hydrogens (tertiary/aromatic N) is 3. The van der Waals surface area contributed by atoms with Crippen LogP contribution in [0.4, 0.5) is 0 Å². The SMILES string of the molecule is Cc1ccc(-c2nc(-c3ccc4c(c3)oc(=O)n4C(C)C)no2)cc1. The zero-order chi connectivity index (χ0) is 17.6. The van der Waals surface area contributed by atoms with Gasteiger partial charge in [0, 0.05) is 17.2 Å². The molecular weight excluding hydrogens is 318 g/mol. The van der Waals surface area contributed by atoms with Crippen LogP contribution in [0, 0.1) is 6.92 Å². The molecule has 0 saturated carbocycles. The average Bonchev–Trinajstić information content (AvgIpc) is 3.18. The predicted molar refractivity (Wildman–Crippen MR) is 94.3 cm³/mol. The van der Waals surface area contributed by atoms with Crippen LogP contribution in [0.25, 0.3) is 33.9 Å². The Morgan fingerprint density at radius 1 is 1.04 bits per heavy atom. The first-order chi connectivity index (χ1) is 12.0. The molecule has 126 valence electrons. The van der Waals surface area contributed by atoms with Gasteiger partial charge in [0.1, 0.15) is 0 Å². The molecule has 6 heteroatoms. The topological polar surface area (TPSA) is 74.1 Å². The van der Waals surface area contributed by atoms with Crippen molar-refractivity contribution in [1.29, 1.82) is 0 Å². The zero-order valence-electron chi connectivity index (χ0n) is 14.2. The van der Waals surface area contributed by atoms with Crippen LogP contribution in [0.2, 0.25) is 0 Å². The van der Waals surface area contributed by atoms with Gasteiger partial charge in [-0.3, -0.25) is 4.57 Å². The molecule has 4 rings (SSSR count). The highest BCUT2D eigenvalue weighted by atomic mass is 16.5. The van der Waals surface area contributed by atoms with E-state index in [1.807, 2.05) is 57.2 Å². The second-order valence-electron chi connectivity index (χ2n) is 6.30. The van der Waals surface area contributed by atoms with Crippen LogP contribution in [0.15, 0.2) is 56.2 Å². The molecule has 0 fully saturated rings. The number of benzene rings is 2. The van der Waals surface area contributed by atoms with E-state index in [0.717, 1.165) is 16.6 Å². The van der Waals surface area contributed by atoms with E-state index < -0.39 is 0 Å². The highest BCUT2D eigenvalue weighted by molar-refractivity contribution is 5.79. The summed E-state index contributed by atoms with van der Waals surface area (Å²) in [7, 11) is 0. The number of hydrogen-bond acceptors (Lipinski definition) is 5. The van der Waals surface area contributed by atoms with E-state index in [4.69, 9.17) is 8.94 Å². The lowest BCUT2D eigenvalue weighted by Gasteiger charge is -2.04. The molecule has 0 saturated heterocycles. The largest absolute Gasteiger partial charge is 0.420 e. The third-order valence-electron chi connectivity index (χ3n) is 4.11. The summed E-state index contributed by atoms with van der Waals surface area (Å²) in [6.07, 6.45) is 0. The highest BCUT2D eigenvalue weighted by Crippen LogP contribution is 2.26. The summed E-state index contributed by atoms with van der Waals surface area (Å²) in [6, 6.07) is 13.4. The Balaban J connectivity index is 1.75. The van der Waals surface area contributed by atoms with Gasteiger partial charge in [0.25, 0.3) is 5.89 Å². The van der Waals surface area contributed by atoms with Crippen LogP contribution in [-0.4, -0.2) is 14.7 Å². The molecule has 0 atom stereocenters. The molecule has 0 amide bonds. The molecule has 4 aromatic rings. The Bertz CT molecular complexity index is 1100. The molecule has 0 bridgehead atoms. The van der Waals surface area contributed by atoms with Crippen molar-refractivity contribution in [2.45, 2.75) is 26.8 Å². The molecule has 0 spiro atoms. The number of oxazole rings is 1. The maximum absolute atomic E-state index is 12.0. The van der Waals surface area contributed by atoms with Crippen LogP contribution in [-0.2, 0) is 0 Å². The van der Waals surface area contributed by atoms with Gasteiger partial charge in [-0.1, -0.05) is 22.9 Å². The van der Waals surface area contributed by atoms with E-state index in [2.05, 4.69) is 10.1 Å². The van der Waals surface area contributed by atoms with E-state index in [1.54, 1.807) is 10.6 Å². The van der Waals surface area contributed by atoms with Crippen molar-refractivity contribution in [2.24, 2.45) is 0 Å². The summed E-state index contributed by atoms with van der Waals surface area (Å²) in [4.78, 5) is 16.4. The normalized spacial score (nSPS) is 11.5. The number of aromatic nitrogens is 3. The summed E-state index contributed by atoms with van der Waals surface area (Å²) < 4.78 is 12.3. The fourth-order valence-electron chi connectivity index (χ4n) is 2.82. The van der Waals surface area contributed by atoms with Gasteiger partial charge in [0.2, 0.25) is 5.82 Å². The van der Waals surface area contributed by atoms with Crippen molar-refractivity contribution >= 4 is 11.1 Å². The monoisotopic (exact) mass is 335 g/mol. The van der Waals surface area contributed by atoms with Gasteiger partial charge >= 0.3 is 5.76 Å². The molecule has 2 aromatic heterocycles. The van der Waals surface area contributed by atoms with Crippen molar-refractivity contribution in [3.63, 3.8) is 0 Å². The Morgan fingerprint density at radius 3 is 2.48 bits per heavy atom. The quantitative estimate of drug-likeness (QED) is 0.561. The van der Waals surface area contributed by atoms with Crippen LogP contribution in [0.5, 0.6) is 0 Å². The molecule has 2 heterocycles. The molecule has 2 aromatic carbocycles. The summed E-state index contributed by atoms with van der Waals surface area (Å²) in [5.41, 5.74) is 4.03. The van der Waals surface area contributed by atoms with E-state index in [9.17, 15) is 4.79 Å². The van der Waals surface area contributed by atoms with Gasteiger partial charge in [0.15, 0.2) is 5.58 Å². The first-order valence-corrected chi connectivity index (χ1v) is 8.09. The van der Waals surface area contributed by atoms with Crippen molar-refractivity contribution in [1.82, 2.24) is 14.7 Å². The first-order valence-electron chi connectivity index (χ1n) is 8.09. The number of hydrogen-bond donors (Lipinski definition) is 0. The standard InChI is InChI=1S/C19H17N3O3/c1-11(2)22-15-9-8-14(10-16(15)24-19(22)23)17-20-18(25-21-17)13-6-4-12(3)5-7-13/h4-11H,1-3H3. The Morgan fingerprint density at radius 2 is 1.76 bits per heavy atom. The molecule has 0 aliphatic rings.